The molecule has 0 bridgehead atoms. The second-order valence-corrected chi connectivity index (χ2v) is 4.38. The number of benzene rings is 2. The largest absolute Gasteiger partial charge is 0.397 e. The van der Waals surface area contributed by atoms with Crippen molar-refractivity contribution in [3.05, 3.63) is 48.0 Å². The van der Waals surface area contributed by atoms with E-state index in [-0.39, 0.29) is 11.5 Å². The molecule has 5 heteroatoms. The number of rotatable bonds is 2. The van der Waals surface area contributed by atoms with Gasteiger partial charge in [0.1, 0.15) is 11.6 Å². The molecule has 4 N–H and O–H groups in total. The standard InChI is InChI=1S/C14H13FN4/c1-8-17-12-6-5-9(7-13(12)18-8)19-14-10(15)3-2-4-11(14)16/h2-7,19H,16H2,1H3,(H,17,18). The average Bonchev–Trinajstić information content (AvgIpc) is 2.73. The maximum atomic E-state index is 13.7. The van der Waals surface area contributed by atoms with Gasteiger partial charge in [0.2, 0.25) is 0 Å². The van der Waals surface area contributed by atoms with Crippen LogP contribution >= 0.6 is 0 Å². The van der Waals surface area contributed by atoms with Gasteiger partial charge in [-0.15, -0.1) is 0 Å². The molecule has 0 fully saturated rings. The number of H-pyrrole nitrogens is 1. The average molecular weight is 256 g/mol. The number of fused-ring (bicyclic) bond motifs is 1. The third-order valence-electron chi connectivity index (χ3n) is 2.92. The summed E-state index contributed by atoms with van der Waals surface area (Å²) in [6, 6.07) is 10.2. The number of aryl methyl sites for hydroxylation is 1. The van der Waals surface area contributed by atoms with Crippen molar-refractivity contribution in [2.75, 3.05) is 11.1 Å². The maximum absolute atomic E-state index is 13.7. The third kappa shape index (κ3) is 2.10. The Morgan fingerprint density at radius 3 is 2.89 bits per heavy atom. The van der Waals surface area contributed by atoms with Crippen LogP contribution in [0.5, 0.6) is 0 Å². The van der Waals surface area contributed by atoms with Gasteiger partial charge in [-0.1, -0.05) is 6.07 Å². The summed E-state index contributed by atoms with van der Waals surface area (Å²) in [5, 5.41) is 2.99. The lowest BCUT2D eigenvalue weighted by atomic mass is 10.2. The highest BCUT2D eigenvalue weighted by atomic mass is 19.1. The van der Waals surface area contributed by atoms with E-state index in [2.05, 4.69) is 15.3 Å². The SMILES string of the molecule is Cc1nc2ccc(Nc3c(N)cccc3F)cc2[nH]1. The van der Waals surface area contributed by atoms with Crippen molar-refractivity contribution in [2.45, 2.75) is 6.92 Å². The fourth-order valence-corrected chi connectivity index (χ4v) is 2.03. The van der Waals surface area contributed by atoms with E-state index in [1.54, 1.807) is 12.1 Å². The molecule has 0 radical (unpaired) electrons. The number of aromatic amines is 1. The normalized spacial score (nSPS) is 10.8. The van der Waals surface area contributed by atoms with Gasteiger partial charge >= 0.3 is 0 Å². The molecule has 3 aromatic rings. The zero-order valence-electron chi connectivity index (χ0n) is 10.4. The van der Waals surface area contributed by atoms with Crippen LogP contribution in [0.1, 0.15) is 5.82 Å². The fraction of sp³-hybridized carbons (Fsp3) is 0.0714. The number of para-hydroxylation sites is 1. The molecular weight excluding hydrogens is 243 g/mol. The van der Waals surface area contributed by atoms with E-state index >= 15 is 0 Å². The topological polar surface area (TPSA) is 66.7 Å². The van der Waals surface area contributed by atoms with Crippen molar-refractivity contribution in [2.24, 2.45) is 0 Å². The number of halogens is 1. The van der Waals surface area contributed by atoms with E-state index in [4.69, 9.17) is 5.73 Å². The molecule has 96 valence electrons. The second-order valence-electron chi connectivity index (χ2n) is 4.38. The minimum Gasteiger partial charge on any atom is -0.397 e. The Labute approximate surface area is 109 Å². The first-order valence-electron chi connectivity index (χ1n) is 5.91. The molecule has 4 nitrogen and oxygen atoms in total. The van der Waals surface area contributed by atoms with Crippen molar-refractivity contribution in [1.29, 1.82) is 0 Å². The van der Waals surface area contributed by atoms with Gasteiger partial charge < -0.3 is 16.0 Å². The van der Waals surface area contributed by atoms with Gasteiger partial charge in [0.05, 0.1) is 22.4 Å². The molecule has 1 aromatic heterocycles. The summed E-state index contributed by atoms with van der Waals surface area (Å²) in [5.74, 6) is 0.471. The van der Waals surface area contributed by atoms with Crippen LogP contribution in [0, 0.1) is 12.7 Å². The lowest BCUT2D eigenvalue weighted by Crippen LogP contribution is -1.99. The zero-order chi connectivity index (χ0) is 13.4. The predicted molar refractivity (Wildman–Crippen MR) is 74.9 cm³/mol. The minimum absolute atomic E-state index is 0.290. The van der Waals surface area contributed by atoms with E-state index in [0.29, 0.717) is 5.69 Å². The number of nitrogens with one attached hydrogen (secondary N) is 2. The Morgan fingerprint density at radius 1 is 1.26 bits per heavy atom. The smallest absolute Gasteiger partial charge is 0.148 e. The molecule has 0 spiro atoms. The van der Waals surface area contributed by atoms with Crippen molar-refractivity contribution >= 4 is 28.1 Å². The zero-order valence-corrected chi connectivity index (χ0v) is 10.4. The highest BCUT2D eigenvalue weighted by Crippen LogP contribution is 2.27. The number of nitrogens with two attached hydrogens (primary N) is 1. The van der Waals surface area contributed by atoms with Crippen LogP contribution in [0.15, 0.2) is 36.4 Å². The number of nitrogen functional groups attached to an aromatic ring is 1. The fourth-order valence-electron chi connectivity index (χ4n) is 2.03. The van der Waals surface area contributed by atoms with Crippen molar-refractivity contribution in [3.8, 4) is 0 Å². The van der Waals surface area contributed by atoms with Crippen LogP contribution in [-0.2, 0) is 0 Å². The molecule has 0 unspecified atom stereocenters. The van der Waals surface area contributed by atoms with E-state index in [1.807, 2.05) is 25.1 Å². The molecule has 0 saturated carbocycles. The summed E-state index contributed by atoms with van der Waals surface area (Å²) in [5.41, 5.74) is 8.97. The first-order chi connectivity index (χ1) is 9.13. The van der Waals surface area contributed by atoms with Crippen LogP contribution in [0.25, 0.3) is 11.0 Å². The summed E-state index contributed by atoms with van der Waals surface area (Å²) in [7, 11) is 0. The van der Waals surface area contributed by atoms with Crippen molar-refractivity contribution in [3.63, 3.8) is 0 Å². The molecular formula is C14H13FN4. The lowest BCUT2D eigenvalue weighted by molar-refractivity contribution is 0.632. The monoisotopic (exact) mass is 256 g/mol. The Morgan fingerprint density at radius 2 is 2.11 bits per heavy atom. The summed E-state index contributed by atoms with van der Waals surface area (Å²) in [6.45, 7) is 1.89. The number of aromatic nitrogens is 2. The lowest BCUT2D eigenvalue weighted by Gasteiger charge is -2.10. The second kappa shape index (κ2) is 4.28. The number of nitrogens with zero attached hydrogens (tertiary/aromatic N) is 1. The van der Waals surface area contributed by atoms with Crippen LogP contribution in [-0.4, -0.2) is 9.97 Å². The molecule has 1 heterocycles. The van der Waals surface area contributed by atoms with Crippen LogP contribution in [0.3, 0.4) is 0 Å². The van der Waals surface area contributed by atoms with E-state index < -0.39 is 0 Å². The highest BCUT2D eigenvalue weighted by Gasteiger charge is 2.07. The predicted octanol–water partition coefficient (Wildman–Crippen LogP) is 3.34. The highest BCUT2D eigenvalue weighted by molar-refractivity contribution is 5.82. The molecule has 0 aliphatic heterocycles. The van der Waals surface area contributed by atoms with E-state index in [9.17, 15) is 4.39 Å². The van der Waals surface area contributed by atoms with Crippen LogP contribution in [0.4, 0.5) is 21.5 Å². The Hall–Kier alpha value is -2.56. The molecule has 0 amide bonds. The summed E-state index contributed by atoms with van der Waals surface area (Å²) < 4.78 is 13.7. The number of hydrogen-bond donors (Lipinski definition) is 3. The molecule has 2 aromatic carbocycles. The molecule has 0 atom stereocenters. The van der Waals surface area contributed by atoms with Gasteiger partial charge in [0.25, 0.3) is 0 Å². The van der Waals surface area contributed by atoms with Gasteiger partial charge in [-0.2, -0.15) is 0 Å². The van der Waals surface area contributed by atoms with Crippen LogP contribution < -0.4 is 11.1 Å². The molecule has 3 rings (SSSR count). The van der Waals surface area contributed by atoms with Crippen molar-refractivity contribution < 1.29 is 4.39 Å². The van der Waals surface area contributed by atoms with Gasteiger partial charge in [-0.3, -0.25) is 0 Å². The number of anilines is 3. The summed E-state index contributed by atoms with van der Waals surface area (Å²) >= 11 is 0. The van der Waals surface area contributed by atoms with Crippen molar-refractivity contribution in [1.82, 2.24) is 9.97 Å². The van der Waals surface area contributed by atoms with E-state index in [1.165, 1.54) is 6.07 Å². The Kier molecular flexibility index (Phi) is 2.59. The first kappa shape index (κ1) is 11.5. The molecule has 0 saturated heterocycles. The molecule has 0 aliphatic carbocycles. The minimum atomic E-state index is -0.374. The number of hydrogen-bond acceptors (Lipinski definition) is 3. The van der Waals surface area contributed by atoms with Crippen LogP contribution in [0.2, 0.25) is 0 Å². The molecule has 0 aliphatic rings. The van der Waals surface area contributed by atoms with Gasteiger partial charge in [-0.05, 0) is 37.3 Å². The van der Waals surface area contributed by atoms with Gasteiger partial charge in [0, 0.05) is 5.69 Å². The quantitative estimate of drug-likeness (QED) is 0.616. The maximum Gasteiger partial charge on any atom is 0.148 e. The van der Waals surface area contributed by atoms with Gasteiger partial charge in [-0.25, -0.2) is 9.37 Å². The molecule has 19 heavy (non-hydrogen) atoms. The first-order valence-corrected chi connectivity index (χ1v) is 5.91. The summed E-state index contributed by atoms with van der Waals surface area (Å²) in [6.07, 6.45) is 0. The Balaban J connectivity index is 2.01. The third-order valence-corrected chi connectivity index (χ3v) is 2.92. The van der Waals surface area contributed by atoms with Gasteiger partial charge in [0.15, 0.2) is 0 Å². The number of imidazole rings is 1. The Bertz CT molecular complexity index is 728. The summed E-state index contributed by atoms with van der Waals surface area (Å²) in [4.78, 5) is 7.45. The van der Waals surface area contributed by atoms with E-state index in [0.717, 1.165) is 22.5 Å².